The second-order valence-corrected chi connectivity index (χ2v) is 7.07. The van der Waals surface area contributed by atoms with Gasteiger partial charge in [-0.3, -0.25) is 10.1 Å². The Morgan fingerprint density at radius 2 is 1.56 bits per heavy atom. The number of carbonyl (C=O) groups is 1. The van der Waals surface area contributed by atoms with Crippen LogP contribution in [0.1, 0.15) is 42.7 Å². The Balaban J connectivity index is 1.81. The van der Waals surface area contributed by atoms with Gasteiger partial charge in [0.05, 0.1) is 11.6 Å². The average molecular weight is 374 g/mol. The quantitative estimate of drug-likeness (QED) is 0.769. The van der Waals surface area contributed by atoms with Crippen LogP contribution in [0.25, 0.3) is 0 Å². The minimum absolute atomic E-state index is 0.122. The fraction of sp³-hybridized carbons (Fsp3) is 0.250. The van der Waals surface area contributed by atoms with Crippen LogP contribution in [-0.2, 0) is 9.53 Å². The molecule has 0 aromatic heterocycles. The minimum Gasteiger partial charge on any atom is -0.475 e. The number of halogens is 2. The Morgan fingerprint density at radius 3 is 2.24 bits per heavy atom. The van der Waals surface area contributed by atoms with Gasteiger partial charge in [0.15, 0.2) is 12.0 Å². The third-order valence-electron chi connectivity index (χ3n) is 4.68. The van der Waals surface area contributed by atoms with Crippen LogP contribution in [0.15, 0.2) is 59.9 Å². The van der Waals surface area contributed by atoms with Gasteiger partial charge in [0.2, 0.25) is 0 Å². The van der Waals surface area contributed by atoms with E-state index in [1.165, 1.54) is 0 Å². The van der Waals surface area contributed by atoms with E-state index in [0.717, 1.165) is 29.7 Å². The maximum Gasteiger partial charge on any atom is 0.178 e. The van der Waals surface area contributed by atoms with E-state index in [1.54, 1.807) is 0 Å². The summed E-state index contributed by atoms with van der Waals surface area (Å²) < 4.78 is 6.14. The summed E-state index contributed by atoms with van der Waals surface area (Å²) in [6.07, 6.45) is 1.69. The highest BCUT2D eigenvalue weighted by Crippen LogP contribution is 2.42. The van der Waals surface area contributed by atoms with Crippen LogP contribution in [-0.4, -0.2) is 5.78 Å². The number of hydrogen-bond acceptors (Lipinski definition) is 3. The Kier molecular flexibility index (Phi) is 4.55. The molecule has 2 unspecified atom stereocenters. The van der Waals surface area contributed by atoms with E-state index in [2.05, 4.69) is 5.32 Å². The van der Waals surface area contributed by atoms with Gasteiger partial charge in [-0.25, -0.2) is 0 Å². The lowest BCUT2D eigenvalue weighted by molar-refractivity contribution is -0.118. The molecule has 1 heterocycles. The molecule has 0 saturated carbocycles. The molecule has 1 aliphatic carbocycles. The summed E-state index contributed by atoms with van der Waals surface area (Å²) in [4.78, 5) is 12.6. The fourth-order valence-electron chi connectivity index (χ4n) is 3.49. The van der Waals surface area contributed by atoms with Gasteiger partial charge in [-0.05, 0) is 24.1 Å². The zero-order chi connectivity index (χ0) is 17.4. The van der Waals surface area contributed by atoms with Gasteiger partial charge in [0.1, 0.15) is 5.76 Å². The van der Waals surface area contributed by atoms with Crippen molar-refractivity contribution >= 4 is 29.0 Å². The molecular weight excluding hydrogens is 357 g/mol. The van der Waals surface area contributed by atoms with Crippen LogP contribution in [0.4, 0.5) is 0 Å². The topological polar surface area (TPSA) is 38.3 Å². The molecule has 3 nitrogen and oxygen atoms in total. The van der Waals surface area contributed by atoms with Crippen molar-refractivity contribution in [2.45, 2.75) is 31.5 Å². The SMILES string of the molecule is O=C1CCCC2=C1C(c1ccccc1Cl)NC(c1ccccc1Cl)O2. The van der Waals surface area contributed by atoms with Crippen molar-refractivity contribution in [3.05, 3.63) is 81.0 Å². The summed E-state index contributed by atoms with van der Waals surface area (Å²) in [7, 11) is 0. The first kappa shape index (κ1) is 16.6. The number of hydrogen-bond donors (Lipinski definition) is 1. The number of allylic oxidation sites excluding steroid dienone is 1. The minimum atomic E-state index is -0.417. The zero-order valence-corrected chi connectivity index (χ0v) is 15.0. The van der Waals surface area contributed by atoms with E-state index in [-0.39, 0.29) is 11.8 Å². The van der Waals surface area contributed by atoms with Gasteiger partial charge in [-0.15, -0.1) is 0 Å². The van der Waals surface area contributed by atoms with Gasteiger partial charge >= 0.3 is 0 Å². The Bertz CT molecular complexity index is 862. The Labute approximate surface area is 156 Å². The second kappa shape index (κ2) is 6.83. The normalized spacial score (nSPS) is 23.2. The monoisotopic (exact) mass is 373 g/mol. The average Bonchev–Trinajstić information content (AvgIpc) is 2.62. The number of Topliss-reactive ketones (excluding diaryl/α,β-unsaturated/α-hetero) is 1. The van der Waals surface area contributed by atoms with Crippen molar-refractivity contribution < 1.29 is 9.53 Å². The molecule has 25 heavy (non-hydrogen) atoms. The third-order valence-corrected chi connectivity index (χ3v) is 5.37. The van der Waals surface area contributed by atoms with E-state index < -0.39 is 6.23 Å². The van der Waals surface area contributed by atoms with Gasteiger partial charge in [0, 0.05) is 28.5 Å². The van der Waals surface area contributed by atoms with Crippen LogP contribution >= 0.6 is 23.2 Å². The smallest absolute Gasteiger partial charge is 0.178 e. The Hall–Kier alpha value is -1.81. The molecule has 0 fully saturated rings. The summed E-state index contributed by atoms with van der Waals surface area (Å²) in [6.45, 7) is 0. The lowest BCUT2D eigenvalue weighted by Crippen LogP contribution is -2.38. The molecule has 5 heteroatoms. The molecule has 0 saturated heterocycles. The van der Waals surface area contributed by atoms with Crippen LogP contribution in [0.5, 0.6) is 0 Å². The van der Waals surface area contributed by atoms with Crippen LogP contribution in [0, 0.1) is 0 Å². The summed E-state index contributed by atoms with van der Waals surface area (Å²) >= 11 is 12.8. The molecule has 1 aliphatic heterocycles. The van der Waals surface area contributed by atoms with E-state index in [9.17, 15) is 4.79 Å². The number of benzene rings is 2. The predicted molar refractivity (Wildman–Crippen MR) is 98.5 cm³/mol. The van der Waals surface area contributed by atoms with Gasteiger partial charge < -0.3 is 4.74 Å². The summed E-state index contributed by atoms with van der Waals surface area (Å²) in [5.41, 5.74) is 2.43. The first-order valence-electron chi connectivity index (χ1n) is 8.33. The van der Waals surface area contributed by atoms with Crippen molar-refractivity contribution in [3.8, 4) is 0 Å². The standard InChI is InChI=1S/C20H17Cl2NO2/c21-14-8-3-1-6-12(14)19-18-16(24)10-5-11-17(18)25-20(23-19)13-7-2-4-9-15(13)22/h1-4,6-9,19-20,23H,5,10-11H2. The van der Waals surface area contributed by atoms with E-state index >= 15 is 0 Å². The lowest BCUT2D eigenvalue weighted by atomic mass is 9.86. The third kappa shape index (κ3) is 3.08. The van der Waals surface area contributed by atoms with Crippen molar-refractivity contribution in [3.63, 3.8) is 0 Å². The van der Waals surface area contributed by atoms with Crippen molar-refractivity contribution in [1.29, 1.82) is 0 Å². The van der Waals surface area contributed by atoms with Crippen LogP contribution < -0.4 is 5.32 Å². The van der Waals surface area contributed by atoms with E-state index in [1.807, 2.05) is 48.5 Å². The van der Waals surface area contributed by atoms with E-state index in [0.29, 0.717) is 22.0 Å². The Morgan fingerprint density at radius 1 is 0.920 bits per heavy atom. The van der Waals surface area contributed by atoms with Crippen LogP contribution in [0.3, 0.4) is 0 Å². The summed E-state index contributed by atoms with van der Waals surface area (Å²) in [5, 5.41) is 4.69. The first-order valence-corrected chi connectivity index (χ1v) is 9.08. The molecule has 0 radical (unpaired) electrons. The molecule has 4 rings (SSSR count). The molecule has 0 spiro atoms. The maximum absolute atomic E-state index is 12.6. The molecular formula is C20H17Cl2NO2. The highest BCUT2D eigenvalue weighted by Gasteiger charge is 2.38. The lowest BCUT2D eigenvalue weighted by Gasteiger charge is -2.37. The number of rotatable bonds is 2. The number of carbonyl (C=O) groups excluding carboxylic acids is 1. The molecule has 0 amide bonds. The van der Waals surface area contributed by atoms with E-state index in [4.69, 9.17) is 27.9 Å². The molecule has 2 aliphatic rings. The number of ether oxygens (including phenoxy) is 1. The molecule has 2 atom stereocenters. The van der Waals surface area contributed by atoms with Crippen molar-refractivity contribution in [2.24, 2.45) is 0 Å². The van der Waals surface area contributed by atoms with Crippen LogP contribution in [0.2, 0.25) is 10.0 Å². The highest BCUT2D eigenvalue weighted by molar-refractivity contribution is 6.31. The molecule has 2 aromatic carbocycles. The van der Waals surface area contributed by atoms with Crippen molar-refractivity contribution in [1.82, 2.24) is 5.32 Å². The highest BCUT2D eigenvalue weighted by atomic mass is 35.5. The predicted octanol–water partition coefficient (Wildman–Crippen LogP) is 5.36. The van der Waals surface area contributed by atoms with Gasteiger partial charge in [-0.2, -0.15) is 0 Å². The summed E-state index contributed by atoms with van der Waals surface area (Å²) in [6, 6.07) is 14.9. The molecule has 1 N–H and O–H groups in total. The zero-order valence-electron chi connectivity index (χ0n) is 13.5. The van der Waals surface area contributed by atoms with Crippen molar-refractivity contribution in [2.75, 3.05) is 0 Å². The summed E-state index contributed by atoms with van der Waals surface area (Å²) in [5.74, 6) is 0.876. The second-order valence-electron chi connectivity index (χ2n) is 6.25. The molecule has 2 aromatic rings. The molecule has 128 valence electrons. The molecule has 0 bridgehead atoms. The fourth-order valence-corrected chi connectivity index (χ4v) is 3.96. The number of ketones is 1. The van der Waals surface area contributed by atoms with Gasteiger partial charge in [0.25, 0.3) is 0 Å². The maximum atomic E-state index is 12.6. The van der Waals surface area contributed by atoms with Gasteiger partial charge in [-0.1, -0.05) is 59.6 Å². The first-order chi connectivity index (χ1) is 12.1. The largest absolute Gasteiger partial charge is 0.475 e. The number of nitrogens with one attached hydrogen (secondary N) is 1.